The Labute approximate surface area is 195 Å². The number of hydrogen-bond donors (Lipinski definition) is 2. The number of nitriles is 1. The van der Waals surface area contributed by atoms with Gasteiger partial charge >= 0.3 is 5.97 Å². The number of esters is 1. The molecule has 0 spiro atoms. The monoisotopic (exact) mass is 467 g/mol. The van der Waals surface area contributed by atoms with Crippen LogP contribution in [0, 0.1) is 17.1 Å². The number of methoxy groups -OCH3 is 2. The average molecular weight is 468 g/mol. The zero-order valence-corrected chi connectivity index (χ0v) is 19.1. The third kappa shape index (κ3) is 5.35. The Hall–Kier alpha value is -3.77. The minimum Gasteiger partial charge on any atom is -0.497 e. The van der Waals surface area contributed by atoms with Gasteiger partial charge in [-0.2, -0.15) is 5.26 Å². The van der Waals surface area contributed by atoms with Crippen LogP contribution in [0.1, 0.15) is 18.4 Å². The van der Waals surface area contributed by atoms with E-state index in [9.17, 15) is 19.2 Å². The summed E-state index contributed by atoms with van der Waals surface area (Å²) in [6.07, 6.45) is 0. The molecule has 7 nitrogen and oxygen atoms in total. The number of dihydropyridines is 1. The number of amides is 1. The van der Waals surface area contributed by atoms with Gasteiger partial charge in [0, 0.05) is 16.9 Å². The van der Waals surface area contributed by atoms with E-state index in [-0.39, 0.29) is 28.4 Å². The van der Waals surface area contributed by atoms with Crippen LogP contribution in [0.4, 0.5) is 10.1 Å². The van der Waals surface area contributed by atoms with Crippen LogP contribution in [0.2, 0.25) is 0 Å². The molecule has 2 aromatic rings. The van der Waals surface area contributed by atoms with Crippen molar-refractivity contribution in [3.8, 4) is 11.8 Å². The summed E-state index contributed by atoms with van der Waals surface area (Å²) in [5, 5.41) is 16.1. The highest BCUT2D eigenvalue weighted by molar-refractivity contribution is 8.03. The molecule has 3 rings (SSSR count). The van der Waals surface area contributed by atoms with Crippen molar-refractivity contribution in [2.24, 2.45) is 0 Å². The van der Waals surface area contributed by atoms with Crippen LogP contribution in [-0.2, 0) is 14.3 Å². The van der Waals surface area contributed by atoms with Gasteiger partial charge in [-0.3, -0.25) is 4.79 Å². The molecular formula is C24H22FN3O4S. The topological polar surface area (TPSA) is 100 Å². The van der Waals surface area contributed by atoms with Gasteiger partial charge in [0.05, 0.1) is 48.1 Å². The molecule has 0 radical (unpaired) electrons. The first-order valence-corrected chi connectivity index (χ1v) is 10.9. The second-order valence-electron chi connectivity index (χ2n) is 7.03. The van der Waals surface area contributed by atoms with Gasteiger partial charge in [0.15, 0.2) is 0 Å². The molecule has 0 bridgehead atoms. The summed E-state index contributed by atoms with van der Waals surface area (Å²) >= 11 is 1.09. The molecule has 0 aliphatic carbocycles. The van der Waals surface area contributed by atoms with E-state index < -0.39 is 17.7 Å². The van der Waals surface area contributed by atoms with Crippen molar-refractivity contribution in [1.82, 2.24) is 5.32 Å². The molecule has 2 aromatic carbocycles. The van der Waals surface area contributed by atoms with Crippen LogP contribution in [0.15, 0.2) is 70.4 Å². The fourth-order valence-electron chi connectivity index (χ4n) is 3.44. The first kappa shape index (κ1) is 23.9. The van der Waals surface area contributed by atoms with E-state index in [2.05, 4.69) is 16.7 Å². The minimum atomic E-state index is -0.961. The Morgan fingerprint density at radius 1 is 1.18 bits per heavy atom. The molecule has 170 valence electrons. The SMILES string of the molecule is COC(=O)C1=C(C)NC(SCC(=O)Nc2ccc(OC)cc2)=C(C#N)[C@H]1c1ccccc1F. The molecule has 0 aromatic heterocycles. The Morgan fingerprint density at radius 2 is 1.88 bits per heavy atom. The molecule has 0 unspecified atom stereocenters. The fourth-order valence-corrected chi connectivity index (χ4v) is 4.33. The smallest absolute Gasteiger partial charge is 0.336 e. The fraction of sp³-hybridized carbons (Fsp3) is 0.208. The van der Waals surface area contributed by atoms with Gasteiger partial charge in [-0.1, -0.05) is 30.0 Å². The molecule has 33 heavy (non-hydrogen) atoms. The van der Waals surface area contributed by atoms with Crippen LogP contribution in [-0.4, -0.2) is 31.8 Å². The normalized spacial score (nSPS) is 15.4. The van der Waals surface area contributed by atoms with E-state index >= 15 is 0 Å². The van der Waals surface area contributed by atoms with Crippen LogP contribution in [0.5, 0.6) is 5.75 Å². The average Bonchev–Trinajstić information content (AvgIpc) is 2.82. The highest BCUT2D eigenvalue weighted by Gasteiger charge is 2.36. The Morgan fingerprint density at radius 3 is 2.48 bits per heavy atom. The van der Waals surface area contributed by atoms with Gasteiger partial charge < -0.3 is 20.1 Å². The number of anilines is 1. The summed E-state index contributed by atoms with van der Waals surface area (Å²) in [5.74, 6) is -1.81. The number of benzene rings is 2. The second kappa shape index (κ2) is 10.7. The number of carbonyl (C=O) groups is 2. The summed E-state index contributed by atoms with van der Waals surface area (Å²) in [5.41, 5.74) is 1.48. The third-order valence-corrected chi connectivity index (χ3v) is 6.01. The lowest BCUT2D eigenvalue weighted by Gasteiger charge is -2.29. The van der Waals surface area contributed by atoms with Crippen molar-refractivity contribution in [2.45, 2.75) is 12.8 Å². The van der Waals surface area contributed by atoms with Gasteiger partial charge in [-0.25, -0.2) is 9.18 Å². The number of carbonyl (C=O) groups excluding carboxylic acids is 2. The molecular weight excluding hydrogens is 445 g/mol. The summed E-state index contributed by atoms with van der Waals surface area (Å²) < 4.78 is 24.7. The van der Waals surface area contributed by atoms with E-state index in [0.717, 1.165) is 11.8 Å². The zero-order chi connectivity index (χ0) is 24.0. The van der Waals surface area contributed by atoms with E-state index in [1.54, 1.807) is 44.4 Å². The quantitative estimate of drug-likeness (QED) is 0.592. The molecule has 1 aliphatic heterocycles. The molecule has 1 atom stereocenters. The summed E-state index contributed by atoms with van der Waals surface area (Å²) in [4.78, 5) is 25.0. The lowest BCUT2D eigenvalue weighted by molar-refractivity contribution is -0.136. The second-order valence-corrected chi connectivity index (χ2v) is 8.02. The van der Waals surface area contributed by atoms with Crippen LogP contribution < -0.4 is 15.4 Å². The number of rotatable bonds is 7. The Kier molecular flexibility index (Phi) is 7.74. The maximum Gasteiger partial charge on any atom is 0.336 e. The van der Waals surface area contributed by atoms with Crippen molar-refractivity contribution in [2.75, 3.05) is 25.3 Å². The third-order valence-electron chi connectivity index (χ3n) is 4.99. The first-order valence-electron chi connectivity index (χ1n) is 9.91. The van der Waals surface area contributed by atoms with Crippen molar-refractivity contribution < 1.29 is 23.5 Å². The van der Waals surface area contributed by atoms with Gasteiger partial charge in [0.1, 0.15) is 11.6 Å². The number of thioether (sulfide) groups is 1. The van der Waals surface area contributed by atoms with Crippen molar-refractivity contribution in [3.63, 3.8) is 0 Å². The number of halogens is 1. The van der Waals surface area contributed by atoms with Gasteiger partial charge in [0.2, 0.25) is 5.91 Å². The molecule has 9 heteroatoms. The number of nitrogens with one attached hydrogen (secondary N) is 2. The largest absolute Gasteiger partial charge is 0.497 e. The van der Waals surface area contributed by atoms with Crippen LogP contribution >= 0.6 is 11.8 Å². The predicted molar refractivity (Wildman–Crippen MR) is 124 cm³/mol. The molecule has 2 N–H and O–H groups in total. The molecule has 1 amide bonds. The maximum atomic E-state index is 14.7. The predicted octanol–water partition coefficient (Wildman–Crippen LogP) is 4.08. The van der Waals surface area contributed by atoms with Gasteiger partial charge in [-0.15, -0.1) is 0 Å². The number of allylic oxidation sites excluding steroid dienone is 2. The zero-order valence-electron chi connectivity index (χ0n) is 18.3. The lowest BCUT2D eigenvalue weighted by atomic mass is 9.82. The molecule has 0 saturated heterocycles. The van der Waals surface area contributed by atoms with Crippen molar-refractivity contribution in [1.29, 1.82) is 5.26 Å². The number of nitrogens with zero attached hydrogens (tertiary/aromatic N) is 1. The van der Waals surface area contributed by atoms with Crippen molar-refractivity contribution >= 4 is 29.3 Å². The van der Waals surface area contributed by atoms with Crippen LogP contribution in [0.25, 0.3) is 0 Å². The summed E-state index contributed by atoms with van der Waals surface area (Å²) in [6.45, 7) is 1.65. The van der Waals surface area contributed by atoms with E-state index in [0.29, 0.717) is 22.2 Å². The van der Waals surface area contributed by atoms with E-state index in [4.69, 9.17) is 9.47 Å². The standard InChI is InChI=1S/C24H22FN3O4S/c1-14-21(24(30)32-3)22(17-6-4-5-7-19(17)25)18(12-26)23(27-14)33-13-20(29)28-15-8-10-16(31-2)11-9-15/h4-11,22,27H,13H2,1-3H3,(H,28,29)/t22-/m1/s1. The number of ether oxygens (including phenoxy) is 2. The van der Waals surface area contributed by atoms with E-state index in [1.807, 2.05) is 0 Å². The highest BCUT2D eigenvalue weighted by atomic mass is 32.2. The summed E-state index contributed by atoms with van der Waals surface area (Å²) in [7, 11) is 2.78. The molecule has 1 aliphatic rings. The minimum absolute atomic E-state index is 0.00955. The molecule has 0 fully saturated rings. The maximum absolute atomic E-state index is 14.7. The molecule has 1 heterocycles. The van der Waals surface area contributed by atoms with Gasteiger partial charge in [0.25, 0.3) is 0 Å². The highest BCUT2D eigenvalue weighted by Crippen LogP contribution is 2.41. The Bertz CT molecular complexity index is 1170. The first-order chi connectivity index (χ1) is 15.9. The molecule has 0 saturated carbocycles. The van der Waals surface area contributed by atoms with Crippen molar-refractivity contribution in [3.05, 3.63) is 81.8 Å². The lowest BCUT2D eigenvalue weighted by Crippen LogP contribution is -2.29. The van der Waals surface area contributed by atoms with Crippen LogP contribution in [0.3, 0.4) is 0 Å². The Balaban J connectivity index is 1.87. The number of hydrogen-bond acceptors (Lipinski definition) is 7. The van der Waals surface area contributed by atoms with Gasteiger partial charge in [-0.05, 0) is 37.3 Å². The van der Waals surface area contributed by atoms with E-state index in [1.165, 1.54) is 25.3 Å². The summed E-state index contributed by atoms with van der Waals surface area (Å²) in [6, 6.07) is 14.9.